The molecule has 138 valence electrons. The van der Waals surface area contributed by atoms with Gasteiger partial charge in [-0.1, -0.05) is 6.42 Å². The lowest BCUT2D eigenvalue weighted by atomic mass is 9.99. The van der Waals surface area contributed by atoms with Crippen LogP contribution in [0, 0.1) is 11.8 Å². The topological polar surface area (TPSA) is 69.7 Å². The first kappa shape index (κ1) is 18.1. The quantitative estimate of drug-likeness (QED) is 0.739. The normalized spacial score (nSPS) is 29.1. The predicted octanol–water partition coefficient (Wildman–Crippen LogP) is 1.04. The predicted molar refractivity (Wildman–Crippen MR) is 94.1 cm³/mol. The standard InChI is InChI=1S/C17H31N3O3S/c1-24(22,23)18-16-13-20(12-15(16)14-7-8-14)17(21)6-5-11-19-9-3-2-4-10-19/h14-16,18H,2-13H2,1H3/t15-,16+/m0/s1. The van der Waals surface area contributed by atoms with E-state index >= 15 is 0 Å². The number of hydrogen-bond donors (Lipinski definition) is 1. The lowest BCUT2D eigenvalue weighted by molar-refractivity contribution is -0.130. The Morgan fingerprint density at radius 3 is 2.46 bits per heavy atom. The minimum Gasteiger partial charge on any atom is -0.341 e. The molecule has 0 spiro atoms. The molecule has 1 aliphatic carbocycles. The highest BCUT2D eigenvalue weighted by Crippen LogP contribution is 2.41. The molecule has 2 saturated heterocycles. The largest absolute Gasteiger partial charge is 0.341 e. The zero-order valence-corrected chi connectivity index (χ0v) is 15.6. The Labute approximate surface area is 146 Å². The van der Waals surface area contributed by atoms with Crippen LogP contribution in [-0.4, -0.2) is 69.1 Å². The number of carbonyl (C=O) groups excluding carboxylic acids is 1. The van der Waals surface area contributed by atoms with E-state index in [1.165, 1.54) is 51.4 Å². The maximum atomic E-state index is 12.5. The van der Waals surface area contributed by atoms with Gasteiger partial charge in [0.2, 0.25) is 15.9 Å². The molecule has 0 bridgehead atoms. The third-order valence-corrected chi connectivity index (χ3v) is 6.36. The molecule has 24 heavy (non-hydrogen) atoms. The van der Waals surface area contributed by atoms with E-state index in [0.29, 0.717) is 24.8 Å². The summed E-state index contributed by atoms with van der Waals surface area (Å²) in [5, 5.41) is 0. The molecular formula is C17H31N3O3S. The number of sulfonamides is 1. The SMILES string of the molecule is CS(=O)(=O)N[C@@H]1CN(C(=O)CCCN2CCCCC2)C[C@H]1C1CC1. The fraction of sp³-hybridized carbons (Fsp3) is 0.941. The van der Waals surface area contributed by atoms with E-state index in [1.54, 1.807) is 0 Å². The van der Waals surface area contributed by atoms with E-state index in [1.807, 2.05) is 4.90 Å². The van der Waals surface area contributed by atoms with Gasteiger partial charge in [0.15, 0.2) is 0 Å². The molecule has 7 heteroatoms. The van der Waals surface area contributed by atoms with Crippen molar-refractivity contribution in [1.29, 1.82) is 0 Å². The summed E-state index contributed by atoms with van der Waals surface area (Å²) >= 11 is 0. The molecule has 2 heterocycles. The summed E-state index contributed by atoms with van der Waals surface area (Å²) in [5.74, 6) is 1.08. The summed E-state index contributed by atoms with van der Waals surface area (Å²) in [6, 6.07) is -0.0986. The molecule has 3 rings (SSSR count). The van der Waals surface area contributed by atoms with Gasteiger partial charge in [0, 0.05) is 25.6 Å². The van der Waals surface area contributed by atoms with Gasteiger partial charge < -0.3 is 9.80 Å². The third-order valence-electron chi connectivity index (χ3n) is 5.62. The maximum absolute atomic E-state index is 12.5. The molecule has 6 nitrogen and oxygen atoms in total. The summed E-state index contributed by atoms with van der Waals surface area (Å²) < 4.78 is 25.9. The first-order valence-corrected chi connectivity index (χ1v) is 11.3. The van der Waals surface area contributed by atoms with Crippen LogP contribution < -0.4 is 4.72 Å². The van der Waals surface area contributed by atoms with E-state index in [2.05, 4.69) is 9.62 Å². The second kappa shape index (κ2) is 7.70. The van der Waals surface area contributed by atoms with Crippen molar-refractivity contribution < 1.29 is 13.2 Å². The number of carbonyl (C=O) groups is 1. The first-order valence-electron chi connectivity index (χ1n) is 9.40. The number of piperidine rings is 1. The minimum atomic E-state index is -3.22. The molecule has 1 amide bonds. The van der Waals surface area contributed by atoms with Crippen molar-refractivity contribution >= 4 is 15.9 Å². The van der Waals surface area contributed by atoms with Gasteiger partial charge in [-0.25, -0.2) is 13.1 Å². The van der Waals surface area contributed by atoms with E-state index < -0.39 is 10.0 Å². The van der Waals surface area contributed by atoms with Gasteiger partial charge in [-0.3, -0.25) is 4.79 Å². The highest BCUT2D eigenvalue weighted by Gasteiger charge is 2.44. The Morgan fingerprint density at radius 1 is 1.12 bits per heavy atom. The summed E-state index contributed by atoms with van der Waals surface area (Å²) in [6.45, 7) is 4.61. The van der Waals surface area contributed by atoms with E-state index in [-0.39, 0.29) is 11.9 Å². The van der Waals surface area contributed by atoms with E-state index in [4.69, 9.17) is 0 Å². The van der Waals surface area contributed by atoms with E-state index in [9.17, 15) is 13.2 Å². The van der Waals surface area contributed by atoms with Crippen LogP contribution in [0.25, 0.3) is 0 Å². The lowest BCUT2D eigenvalue weighted by Crippen LogP contribution is -2.41. The molecule has 0 aromatic rings. The molecular weight excluding hydrogens is 326 g/mol. The molecule has 3 fully saturated rings. The fourth-order valence-corrected chi connectivity index (χ4v) is 5.03. The van der Waals surface area contributed by atoms with Gasteiger partial charge in [0.05, 0.1) is 6.26 Å². The summed E-state index contributed by atoms with van der Waals surface area (Å²) in [7, 11) is -3.22. The smallest absolute Gasteiger partial charge is 0.222 e. The van der Waals surface area contributed by atoms with Gasteiger partial charge in [0.1, 0.15) is 0 Å². The second-order valence-corrected chi connectivity index (χ2v) is 9.58. The zero-order valence-electron chi connectivity index (χ0n) is 14.7. The molecule has 3 aliphatic rings. The Hall–Kier alpha value is -0.660. The fourth-order valence-electron chi connectivity index (χ4n) is 4.23. The van der Waals surface area contributed by atoms with Crippen molar-refractivity contribution in [3.63, 3.8) is 0 Å². The number of nitrogens with zero attached hydrogens (tertiary/aromatic N) is 2. The maximum Gasteiger partial charge on any atom is 0.222 e. The number of likely N-dealkylation sites (tertiary alicyclic amines) is 2. The van der Waals surface area contributed by atoms with Crippen LogP contribution in [0.4, 0.5) is 0 Å². The first-order chi connectivity index (χ1) is 11.4. The number of amides is 1. The molecule has 0 radical (unpaired) electrons. The Balaban J connectivity index is 1.46. The van der Waals surface area contributed by atoms with Crippen molar-refractivity contribution in [2.24, 2.45) is 11.8 Å². The summed E-state index contributed by atoms with van der Waals surface area (Å²) in [5.41, 5.74) is 0. The number of nitrogens with one attached hydrogen (secondary N) is 1. The van der Waals surface area contributed by atoms with Crippen LogP contribution >= 0.6 is 0 Å². The molecule has 1 saturated carbocycles. The number of rotatable bonds is 7. The van der Waals surface area contributed by atoms with Crippen LogP contribution in [0.2, 0.25) is 0 Å². The average Bonchev–Trinajstić information content (AvgIpc) is 3.28. The molecule has 0 unspecified atom stereocenters. The van der Waals surface area contributed by atoms with Crippen molar-refractivity contribution in [2.75, 3.05) is 39.0 Å². The van der Waals surface area contributed by atoms with Gasteiger partial charge in [-0.05, 0) is 63.6 Å². The minimum absolute atomic E-state index is 0.0986. The molecule has 0 aromatic carbocycles. The third kappa shape index (κ3) is 5.17. The van der Waals surface area contributed by atoms with Crippen LogP contribution in [0.5, 0.6) is 0 Å². The average molecular weight is 358 g/mol. The van der Waals surface area contributed by atoms with Crippen molar-refractivity contribution in [3.8, 4) is 0 Å². The van der Waals surface area contributed by atoms with Crippen LogP contribution in [0.15, 0.2) is 0 Å². The molecule has 0 aromatic heterocycles. The Bertz CT molecular complexity index is 541. The summed E-state index contributed by atoms with van der Waals surface area (Å²) in [4.78, 5) is 16.9. The molecule has 2 atom stereocenters. The summed E-state index contributed by atoms with van der Waals surface area (Å²) in [6.07, 6.45) is 8.94. The van der Waals surface area contributed by atoms with Crippen molar-refractivity contribution in [2.45, 2.75) is 51.0 Å². The van der Waals surface area contributed by atoms with Crippen LogP contribution in [0.1, 0.15) is 44.9 Å². The van der Waals surface area contributed by atoms with Crippen molar-refractivity contribution in [3.05, 3.63) is 0 Å². The Kier molecular flexibility index (Phi) is 5.82. The lowest BCUT2D eigenvalue weighted by Gasteiger charge is -2.26. The van der Waals surface area contributed by atoms with Gasteiger partial charge in [0.25, 0.3) is 0 Å². The van der Waals surface area contributed by atoms with Gasteiger partial charge in [-0.2, -0.15) is 0 Å². The van der Waals surface area contributed by atoms with E-state index in [0.717, 1.165) is 19.5 Å². The highest BCUT2D eigenvalue weighted by molar-refractivity contribution is 7.88. The van der Waals surface area contributed by atoms with Gasteiger partial charge >= 0.3 is 0 Å². The van der Waals surface area contributed by atoms with Crippen LogP contribution in [0.3, 0.4) is 0 Å². The Morgan fingerprint density at radius 2 is 1.83 bits per heavy atom. The number of hydrogen-bond acceptors (Lipinski definition) is 4. The molecule has 1 N–H and O–H groups in total. The highest BCUT2D eigenvalue weighted by atomic mass is 32.2. The zero-order chi connectivity index (χ0) is 17.2. The second-order valence-electron chi connectivity index (χ2n) is 7.80. The van der Waals surface area contributed by atoms with Gasteiger partial charge in [-0.15, -0.1) is 0 Å². The van der Waals surface area contributed by atoms with Crippen LogP contribution in [-0.2, 0) is 14.8 Å². The molecule has 2 aliphatic heterocycles. The monoisotopic (exact) mass is 357 g/mol. The van der Waals surface area contributed by atoms with Crippen molar-refractivity contribution in [1.82, 2.24) is 14.5 Å².